The Morgan fingerprint density at radius 3 is 1.95 bits per heavy atom. The highest BCUT2D eigenvalue weighted by Crippen LogP contribution is 2.47. The number of carbonyl (C=O) groups excluding carboxylic acids is 4. The Kier molecular flexibility index (Phi) is 12.0. The number of esters is 4. The number of ether oxygens (including phenoxy) is 5. The number of aliphatic hydroxyl groups is 2. The highest BCUT2D eigenvalue weighted by molar-refractivity contribution is 5.72. The lowest BCUT2D eigenvalue weighted by molar-refractivity contribution is -0.218. The molecule has 0 amide bonds. The SMILES string of the molecule is CC(C)CC(=O)OC[C@@]1(O)[C@@H](OC(=O)CC(C)C)C=C2C(COC(=O)CC(C)(C)O)=CO[C@@H](OC(=O)CC(C)C)[C@@H]21. The normalized spacial score (nSPS) is 23.9. The molecular formula is C30H46O11. The molecule has 0 bridgehead atoms. The molecule has 11 nitrogen and oxygen atoms in total. The minimum absolute atomic E-state index is 0.00458. The van der Waals surface area contributed by atoms with Crippen LogP contribution in [-0.4, -0.2) is 70.9 Å². The van der Waals surface area contributed by atoms with Gasteiger partial charge in [0.1, 0.15) is 13.2 Å². The molecule has 0 unspecified atom stereocenters. The Bertz CT molecular complexity index is 1020. The molecule has 2 rings (SSSR count). The zero-order chi connectivity index (χ0) is 31.1. The van der Waals surface area contributed by atoms with Gasteiger partial charge in [0.25, 0.3) is 6.29 Å². The van der Waals surface area contributed by atoms with E-state index in [-0.39, 0.29) is 50.0 Å². The van der Waals surface area contributed by atoms with E-state index in [1.807, 2.05) is 41.5 Å². The summed E-state index contributed by atoms with van der Waals surface area (Å²) in [5.41, 5.74) is -2.66. The lowest BCUT2D eigenvalue weighted by Gasteiger charge is -2.40. The summed E-state index contributed by atoms with van der Waals surface area (Å²) in [7, 11) is 0. The first-order valence-electron chi connectivity index (χ1n) is 14.1. The van der Waals surface area contributed by atoms with Crippen LogP contribution in [0.15, 0.2) is 23.5 Å². The second-order valence-electron chi connectivity index (χ2n) is 12.7. The van der Waals surface area contributed by atoms with Gasteiger partial charge in [-0.05, 0) is 43.3 Å². The summed E-state index contributed by atoms with van der Waals surface area (Å²) in [6, 6.07) is 0. The van der Waals surface area contributed by atoms with Crippen molar-refractivity contribution in [3.8, 4) is 0 Å². The number of hydrogen-bond donors (Lipinski definition) is 2. The van der Waals surface area contributed by atoms with Gasteiger partial charge >= 0.3 is 23.9 Å². The standard InChI is InChI=1S/C30H46O11/c1-17(2)9-23(31)39-16-30(36)22(40-24(32)10-18(3)4)12-21-20(14-37-26(34)13-29(7,8)35)15-38-28(27(21)30)41-25(33)11-19(5)6/h12,15,17-19,22,27-28,35-36H,9-11,13-14,16H2,1-8H3/t22-,27+,28-,30+/m0/s1. The summed E-state index contributed by atoms with van der Waals surface area (Å²) in [4.78, 5) is 50.1. The fourth-order valence-electron chi connectivity index (χ4n) is 4.55. The lowest BCUT2D eigenvalue weighted by Crippen LogP contribution is -2.56. The largest absolute Gasteiger partial charge is 0.462 e. The molecule has 0 saturated carbocycles. The molecule has 0 aromatic carbocycles. The van der Waals surface area contributed by atoms with Gasteiger partial charge in [0.05, 0.1) is 24.2 Å². The van der Waals surface area contributed by atoms with Gasteiger partial charge in [-0.2, -0.15) is 0 Å². The van der Waals surface area contributed by atoms with Crippen LogP contribution in [0.1, 0.15) is 81.1 Å². The van der Waals surface area contributed by atoms with Gasteiger partial charge in [0.15, 0.2) is 11.7 Å². The van der Waals surface area contributed by atoms with Crippen molar-refractivity contribution in [2.75, 3.05) is 13.2 Å². The summed E-state index contributed by atoms with van der Waals surface area (Å²) in [5, 5.41) is 22.0. The van der Waals surface area contributed by atoms with Crippen LogP contribution in [0.5, 0.6) is 0 Å². The Labute approximate surface area is 242 Å². The van der Waals surface area contributed by atoms with Crippen LogP contribution in [0.4, 0.5) is 0 Å². The van der Waals surface area contributed by atoms with E-state index < -0.39 is 60.0 Å². The van der Waals surface area contributed by atoms with Crippen LogP contribution in [0, 0.1) is 23.7 Å². The van der Waals surface area contributed by atoms with Crippen LogP contribution < -0.4 is 0 Å². The molecule has 1 aliphatic heterocycles. The Balaban J connectivity index is 2.45. The fourth-order valence-corrected chi connectivity index (χ4v) is 4.55. The first-order valence-corrected chi connectivity index (χ1v) is 14.1. The molecule has 2 N–H and O–H groups in total. The van der Waals surface area contributed by atoms with E-state index in [9.17, 15) is 29.4 Å². The van der Waals surface area contributed by atoms with Gasteiger partial charge in [-0.25, -0.2) is 0 Å². The Morgan fingerprint density at radius 1 is 0.878 bits per heavy atom. The zero-order valence-corrected chi connectivity index (χ0v) is 25.4. The van der Waals surface area contributed by atoms with Gasteiger partial charge in [-0.3, -0.25) is 19.2 Å². The van der Waals surface area contributed by atoms with Crippen molar-refractivity contribution in [2.24, 2.45) is 23.7 Å². The molecule has 232 valence electrons. The molecule has 1 heterocycles. The smallest absolute Gasteiger partial charge is 0.309 e. The van der Waals surface area contributed by atoms with Crippen molar-refractivity contribution in [3.05, 3.63) is 23.5 Å². The van der Waals surface area contributed by atoms with Crippen molar-refractivity contribution in [3.63, 3.8) is 0 Å². The van der Waals surface area contributed by atoms with E-state index in [0.29, 0.717) is 11.1 Å². The quantitative estimate of drug-likeness (QED) is 0.229. The summed E-state index contributed by atoms with van der Waals surface area (Å²) < 4.78 is 27.8. The van der Waals surface area contributed by atoms with Crippen LogP contribution in [0.25, 0.3) is 0 Å². The highest BCUT2D eigenvalue weighted by Gasteiger charge is 2.59. The van der Waals surface area contributed by atoms with Gasteiger partial charge < -0.3 is 33.9 Å². The molecule has 0 aromatic rings. The summed E-state index contributed by atoms with van der Waals surface area (Å²) >= 11 is 0. The predicted octanol–water partition coefficient (Wildman–Crippen LogP) is 3.35. The van der Waals surface area contributed by atoms with Crippen LogP contribution in [-0.2, 0) is 42.9 Å². The minimum atomic E-state index is -2.06. The highest BCUT2D eigenvalue weighted by atomic mass is 16.7. The third-order valence-corrected chi connectivity index (χ3v) is 6.35. The maximum absolute atomic E-state index is 12.7. The third kappa shape index (κ3) is 10.5. The van der Waals surface area contributed by atoms with Gasteiger partial charge in [-0.1, -0.05) is 41.5 Å². The number of hydrogen-bond acceptors (Lipinski definition) is 11. The molecule has 2 aliphatic rings. The van der Waals surface area contributed by atoms with Gasteiger partial charge in [-0.15, -0.1) is 0 Å². The molecule has 1 aliphatic carbocycles. The molecule has 11 heteroatoms. The van der Waals surface area contributed by atoms with Crippen molar-refractivity contribution in [2.45, 2.75) is 105 Å². The molecule has 0 radical (unpaired) electrons. The first kappa shape index (κ1) is 34.3. The summed E-state index contributed by atoms with van der Waals surface area (Å²) in [5.74, 6) is -3.55. The maximum Gasteiger partial charge on any atom is 0.309 e. The van der Waals surface area contributed by atoms with Crippen molar-refractivity contribution in [1.29, 1.82) is 0 Å². The van der Waals surface area contributed by atoms with E-state index in [1.165, 1.54) is 26.2 Å². The average molecular weight is 583 g/mol. The second-order valence-corrected chi connectivity index (χ2v) is 12.7. The van der Waals surface area contributed by atoms with Gasteiger partial charge in [0.2, 0.25) is 0 Å². The molecule has 41 heavy (non-hydrogen) atoms. The second kappa shape index (κ2) is 14.3. The summed E-state index contributed by atoms with van der Waals surface area (Å²) in [6.07, 6.45) is 0.126. The van der Waals surface area contributed by atoms with Crippen molar-refractivity contribution >= 4 is 23.9 Å². The predicted molar refractivity (Wildman–Crippen MR) is 147 cm³/mol. The van der Waals surface area contributed by atoms with Gasteiger partial charge in [0, 0.05) is 24.8 Å². The van der Waals surface area contributed by atoms with Crippen LogP contribution >= 0.6 is 0 Å². The van der Waals surface area contributed by atoms with Crippen molar-refractivity contribution < 1.29 is 53.1 Å². The number of carbonyl (C=O) groups is 4. The monoisotopic (exact) mass is 582 g/mol. The summed E-state index contributed by atoms with van der Waals surface area (Å²) in [6.45, 7) is 13.1. The zero-order valence-electron chi connectivity index (χ0n) is 25.4. The topological polar surface area (TPSA) is 155 Å². The van der Waals surface area contributed by atoms with E-state index in [4.69, 9.17) is 23.7 Å². The van der Waals surface area contributed by atoms with E-state index in [1.54, 1.807) is 0 Å². The van der Waals surface area contributed by atoms with E-state index in [0.717, 1.165) is 0 Å². The first-order chi connectivity index (χ1) is 18.9. The Hall–Kier alpha value is -2.92. The molecule has 4 atom stereocenters. The Morgan fingerprint density at radius 2 is 1.41 bits per heavy atom. The minimum Gasteiger partial charge on any atom is -0.462 e. The number of fused-ring (bicyclic) bond motifs is 1. The van der Waals surface area contributed by atoms with Crippen LogP contribution in [0.3, 0.4) is 0 Å². The lowest BCUT2D eigenvalue weighted by atomic mass is 9.82. The molecule has 0 aromatic heterocycles. The van der Waals surface area contributed by atoms with E-state index in [2.05, 4.69) is 0 Å². The molecule has 0 saturated heterocycles. The average Bonchev–Trinajstić information content (AvgIpc) is 3.07. The van der Waals surface area contributed by atoms with E-state index >= 15 is 0 Å². The fraction of sp³-hybridized carbons (Fsp3) is 0.733. The number of rotatable bonds is 14. The third-order valence-electron chi connectivity index (χ3n) is 6.35. The molecule has 0 spiro atoms. The van der Waals surface area contributed by atoms with Crippen LogP contribution in [0.2, 0.25) is 0 Å². The maximum atomic E-state index is 12.7. The molecular weight excluding hydrogens is 536 g/mol. The molecule has 0 fully saturated rings. The van der Waals surface area contributed by atoms with Crippen molar-refractivity contribution in [1.82, 2.24) is 0 Å².